The SMILES string of the molecule is O=S(=O)(O)CCOC(O)C12CC3CC(CC1C3)C2. The monoisotopic (exact) mass is 276 g/mol. The Balaban J connectivity index is 1.61. The van der Waals surface area contributed by atoms with Gasteiger partial charge in [0.25, 0.3) is 10.1 Å². The van der Waals surface area contributed by atoms with Crippen molar-refractivity contribution in [2.75, 3.05) is 12.4 Å². The highest BCUT2D eigenvalue weighted by atomic mass is 32.2. The Labute approximate surface area is 107 Å². The fraction of sp³-hybridized carbons (Fsp3) is 1.00. The van der Waals surface area contributed by atoms with Crippen LogP contribution in [-0.4, -0.2) is 36.7 Å². The summed E-state index contributed by atoms with van der Waals surface area (Å²) >= 11 is 0. The molecule has 0 aromatic rings. The standard InChI is InChI=1S/C12H20O5S/c13-11(17-1-2-18(14,15)16)12-6-8-3-9(7-12)5-10(12)4-8/h8-11,13H,1-7H2,(H,14,15,16). The molecule has 0 amide bonds. The van der Waals surface area contributed by atoms with Gasteiger partial charge in [0.2, 0.25) is 0 Å². The average Bonchev–Trinajstić information content (AvgIpc) is 2.63. The number of hydrogen-bond acceptors (Lipinski definition) is 4. The second kappa shape index (κ2) is 4.16. The summed E-state index contributed by atoms with van der Waals surface area (Å²) in [5.74, 6) is 1.55. The molecule has 0 heterocycles. The predicted molar refractivity (Wildman–Crippen MR) is 64.4 cm³/mol. The van der Waals surface area contributed by atoms with E-state index < -0.39 is 22.2 Å². The molecule has 3 atom stereocenters. The molecule has 2 N–H and O–H groups in total. The van der Waals surface area contributed by atoms with Gasteiger partial charge in [0.15, 0.2) is 6.29 Å². The first-order valence-electron chi connectivity index (χ1n) is 6.64. The molecule has 4 aliphatic rings. The molecule has 0 radical (unpaired) electrons. The summed E-state index contributed by atoms with van der Waals surface area (Å²) in [7, 11) is -4.01. The Hall–Kier alpha value is -0.170. The largest absolute Gasteiger partial charge is 0.367 e. The Morgan fingerprint density at radius 3 is 2.39 bits per heavy atom. The van der Waals surface area contributed by atoms with Crippen LogP contribution in [-0.2, 0) is 14.9 Å². The van der Waals surface area contributed by atoms with Crippen LogP contribution in [0.2, 0.25) is 0 Å². The first kappa shape index (κ1) is 12.8. The molecule has 5 nitrogen and oxygen atoms in total. The minimum Gasteiger partial charge on any atom is -0.367 e. The summed E-state index contributed by atoms with van der Waals surface area (Å²) in [4.78, 5) is 0. The predicted octanol–water partition coefficient (Wildman–Crippen LogP) is 1.04. The molecule has 0 aromatic carbocycles. The molecule has 18 heavy (non-hydrogen) atoms. The molecule has 4 rings (SSSR count). The second-order valence-electron chi connectivity index (χ2n) is 6.29. The van der Waals surface area contributed by atoms with Gasteiger partial charge in [-0.15, -0.1) is 0 Å². The molecule has 4 bridgehead atoms. The van der Waals surface area contributed by atoms with E-state index in [1.807, 2.05) is 0 Å². The molecule has 0 saturated heterocycles. The van der Waals surface area contributed by atoms with Crippen molar-refractivity contribution in [1.82, 2.24) is 0 Å². The van der Waals surface area contributed by atoms with E-state index in [1.165, 1.54) is 19.3 Å². The Morgan fingerprint density at radius 2 is 1.83 bits per heavy atom. The van der Waals surface area contributed by atoms with Gasteiger partial charge in [0, 0.05) is 5.41 Å². The summed E-state index contributed by atoms with van der Waals surface area (Å²) in [6, 6.07) is 0. The number of ether oxygens (including phenoxy) is 1. The van der Waals surface area contributed by atoms with Gasteiger partial charge in [0.05, 0.1) is 12.4 Å². The summed E-state index contributed by atoms with van der Waals surface area (Å²) < 4.78 is 35.2. The van der Waals surface area contributed by atoms with E-state index in [4.69, 9.17) is 9.29 Å². The van der Waals surface area contributed by atoms with Crippen LogP contribution < -0.4 is 0 Å². The van der Waals surface area contributed by atoms with Crippen LogP contribution in [0.25, 0.3) is 0 Å². The fourth-order valence-corrected chi connectivity index (χ4v) is 5.00. The topological polar surface area (TPSA) is 83.8 Å². The van der Waals surface area contributed by atoms with E-state index in [1.54, 1.807) is 0 Å². The minimum atomic E-state index is -4.01. The maximum Gasteiger partial charge on any atom is 0.267 e. The summed E-state index contributed by atoms with van der Waals surface area (Å²) in [6.07, 6.45) is 4.82. The normalized spacial score (nSPS) is 43.6. The van der Waals surface area contributed by atoms with Crippen molar-refractivity contribution >= 4 is 10.1 Å². The zero-order chi connectivity index (χ0) is 13.0. The molecule has 0 spiro atoms. The number of rotatable bonds is 5. The van der Waals surface area contributed by atoms with Crippen molar-refractivity contribution in [2.24, 2.45) is 23.2 Å². The fourth-order valence-electron chi connectivity index (χ4n) is 4.69. The van der Waals surface area contributed by atoms with Gasteiger partial charge in [-0.3, -0.25) is 4.55 Å². The third-order valence-corrected chi connectivity index (χ3v) is 5.84. The summed E-state index contributed by atoms with van der Waals surface area (Å²) in [5, 5.41) is 10.2. The lowest BCUT2D eigenvalue weighted by atomic mass is 9.75. The van der Waals surface area contributed by atoms with E-state index >= 15 is 0 Å². The summed E-state index contributed by atoms with van der Waals surface area (Å²) in [6.45, 7) is -0.135. The molecule has 0 aliphatic heterocycles. The zero-order valence-corrected chi connectivity index (χ0v) is 11.1. The second-order valence-corrected chi connectivity index (χ2v) is 7.86. The Morgan fingerprint density at radius 1 is 1.22 bits per heavy atom. The lowest BCUT2D eigenvalue weighted by Gasteiger charge is -2.36. The Kier molecular flexibility index (Phi) is 2.97. The van der Waals surface area contributed by atoms with E-state index in [9.17, 15) is 13.5 Å². The Bertz CT molecular complexity index is 418. The van der Waals surface area contributed by atoms with Gasteiger partial charge in [-0.05, 0) is 49.9 Å². The van der Waals surface area contributed by atoms with Crippen molar-refractivity contribution < 1.29 is 22.8 Å². The van der Waals surface area contributed by atoms with Crippen LogP contribution in [0.3, 0.4) is 0 Å². The highest BCUT2D eigenvalue weighted by Crippen LogP contribution is 2.66. The van der Waals surface area contributed by atoms with Crippen LogP contribution >= 0.6 is 0 Å². The van der Waals surface area contributed by atoms with E-state index in [2.05, 4.69) is 0 Å². The van der Waals surface area contributed by atoms with Crippen molar-refractivity contribution in [3.05, 3.63) is 0 Å². The first-order chi connectivity index (χ1) is 8.39. The minimum absolute atomic E-state index is 0.132. The van der Waals surface area contributed by atoms with E-state index in [0.717, 1.165) is 24.7 Å². The van der Waals surface area contributed by atoms with Gasteiger partial charge in [-0.25, -0.2) is 0 Å². The van der Waals surface area contributed by atoms with Crippen LogP contribution in [0, 0.1) is 23.2 Å². The smallest absolute Gasteiger partial charge is 0.267 e. The van der Waals surface area contributed by atoms with Crippen molar-refractivity contribution in [3.63, 3.8) is 0 Å². The first-order valence-corrected chi connectivity index (χ1v) is 8.25. The molecular weight excluding hydrogens is 256 g/mol. The number of aliphatic hydroxyl groups excluding tert-OH is 1. The van der Waals surface area contributed by atoms with Crippen molar-refractivity contribution in [1.29, 1.82) is 0 Å². The molecular formula is C12H20O5S. The molecule has 6 heteroatoms. The van der Waals surface area contributed by atoms with Crippen LogP contribution in [0.4, 0.5) is 0 Å². The zero-order valence-electron chi connectivity index (χ0n) is 10.3. The molecule has 4 aliphatic carbocycles. The lowest BCUT2D eigenvalue weighted by molar-refractivity contribution is -0.182. The summed E-state index contributed by atoms with van der Waals surface area (Å²) in [5.41, 5.74) is -0.132. The number of hydrogen-bond donors (Lipinski definition) is 2. The van der Waals surface area contributed by atoms with Crippen molar-refractivity contribution in [3.8, 4) is 0 Å². The van der Waals surface area contributed by atoms with E-state index in [-0.39, 0.29) is 12.0 Å². The molecule has 3 unspecified atom stereocenters. The van der Waals surface area contributed by atoms with Crippen molar-refractivity contribution in [2.45, 2.75) is 38.4 Å². The third kappa shape index (κ3) is 2.09. The van der Waals surface area contributed by atoms with Gasteiger partial charge in [0.1, 0.15) is 0 Å². The molecule has 4 fully saturated rings. The van der Waals surface area contributed by atoms with Gasteiger partial charge >= 0.3 is 0 Å². The molecule has 0 aromatic heterocycles. The average molecular weight is 276 g/mol. The number of aliphatic hydroxyl groups is 1. The highest BCUT2D eigenvalue weighted by Gasteiger charge is 2.61. The van der Waals surface area contributed by atoms with Crippen LogP contribution in [0.15, 0.2) is 0 Å². The van der Waals surface area contributed by atoms with Gasteiger partial charge in [-0.2, -0.15) is 8.42 Å². The van der Waals surface area contributed by atoms with Gasteiger partial charge in [-0.1, -0.05) is 0 Å². The molecule has 104 valence electrons. The quantitative estimate of drug-likeness (QED) is 0.579. The van der Waals surface area contributed by atoms with Crippen LogP contribution in [0.1, 0.15) is 32.1 Å². The maximum absolute atomic E-state index is 10.6. The maximum atomic E-state index is 10.6. The molecule has 4 saturated carbocycles. The third-order valence-electron chi connectivity index (χ3n) is 5.16. The van der Waals surface area contributed by atoms with Crippen LogP contribution in [0.5, 0.6) is 0 Å². The van der Waals surface area contributed by atoms with Gasteiger partial charge < -0.3 is 9.84 Å². The highest BCUT2D eigenvalue weighted by molar-refractivity contribution is 7.85. The van der Waals surface area contributed by atoms with E-state index in [0.29, 0.717) is 5.92 Å². The lowest BCUT2D eigenvalue weighted by Crippen LogP contribution is -2.39.